The number of nitrogens with zero attached hydrogens (tertiary/aromatic N) is 2. The molecule has 3 N–H and O–H groups in total. The number of benzene rings is 2. The Labute approximate surface area is 254 Å². The number of anilines is 1. The fourth-order valence-electron chi connectivity index (χ4n) is 5.06. The summed E-state index contributed by atoms with van der Waals surface area (Å²) < 4.78 is 5.91. The molecule has 2 heterocycles. The maximum Gasteiger partial charge on any atom is 0.318 e. The second kappa shape index (κ2) is 16.3. The van der Waals surface area contributed by atoms with Crippen LogP contribution in [0, 0.1) is 5.92 Å². The summed E-state index contributed by atoms with van der Waals surface area (Å²) in [6.07, 6.45) is 8.02. The van der Waals surface area contributed by atoms with Crippen LogP contribution in [-0.2, 0) is 22.6 Å². The van der Waals surface area contributed by atoms with E-state index in [9.17, 15) is 14.4 Å². The highest BCUT2D eigenvalue weighted by atomic mass is 16.5. The van der Waals surface area contributed by atoms with Crippen LogP contribution < -0.4 is 20.7 Å². The molecule has 0 unspecified atom stereocenters. The number of rotatable bonds is 12. The van der Waals surface area contributed by atoms with Crippen molar-refractivity contribution in [1.82, 2.24) is 20.5 Å². The molecule has 3 aromatic rings. The predicted molar refractivity (Wildman–Crippen MR) is 168 cm³/mol. The van der Waals surface area contributed by atoms with Crippen molar-refractivity contribution in [3.8, 4) is 5.75 Å². The molecular weight excluding hydrogens is 542 g/mol. The van der Waals surface area contributed by atoms with Gasteiger partial charge in [-0.2, -0.15) is 0 Å². The lowest BCUT2D eigenvalue weighted by Gasteiger charge is -2.27. The SMILES string of the molecule is CC(C)C[C@H](NC(=O)N1CCCCCC1)C(=O)N[C@@H](Cc1ccc(OCc2ccccc2)cc1)C(=O)Nc1cccnc1. The van der Waals surface area contributed by atoms with E-state index in [0.29, 0.717) is 37.6 Å². The molecule has 1 aliphatic heterocycles. The number of hydrogen-bond donors (Lipinski definition) is 3. The minimum absolute atomic E-state index is 0.159. The van der Waals surface area contributed by atoms with Crippen molar-refractivity contribution in [2.24, 2.45) is 5.92 Å². The van der Waals surface area contributed by atoms with E-state index in [1.807, 2.05) is 68.4 Å². The molecule has 0 spiro atoms. The van der Waals surface area contributed by atoms with Gasteiger partial charge >= 0.3 is 6.03 Å². The van der Waals surface area contributed by atoms with Crippen molar-refractivity contribution in [2.45, 2.75) is 71.1 Å². The average molecular weight is 586 g/mol. The number of pyridine rings is 1. The Morgan fingerprint density at radius 2 is 1.53 bits per heavy atom. The summed E-state index contributed by atoms with van der Waals surface area (Å²) in [5, 5.41) is 8.75. The van der Waals surface area contributed by atoms with Gasteiger partial charge in [0.25, 0.3) is 0 Å². The predicted octanol–water partition coefficient (Wildman–Crippen LogP) is 5.33. The van der Waals surface area contributed by atoms with Crippen LogP contribution in [0.25, 0.3) is 0 Å². The van der Waals surface area contributed by atoms with Gasteiger partial charge in [-0.05, 0) is 60.6 Å². The van der Waals surface area contributed by atoms with Crippen LogP contribution in [0.15, 0.2) is 79.1 Å². The fraction of sp³-hybridized carbons (Fsp3) is 0.412. The Hall–Kier alpha value is -4.40. The number of likely N-dealkylation sites (tertiary alicyclic amines) is 1. The number of ether oxygens (including phenoxy) is 1. The molecule has 43 heavy (non-hydrogen) atoms. The molecule has 0 saturated carbocycles. The molecule has 1 saturated heterocycles. The first-order valence-electron chi connectivity index (χ1n) is 15.2. The number of aromatic nitrogens is 1. The summed E-state index contributed by atoms with van der Waals surface area (Å²) in [6, 6.07) is 19.0. The highest BCUT2D eigenvalue weighted by Gasteiger charge is 2.29. The van der Waals surface area contributed by atoms with Crippen LogP contribution in [0.3, 0.4) is 0 Å². The van der Waals surface area contributed by atoms with E-state index in [2.05, 4.69) is 20.9 Å². The lowest BCUT2D eigenvalue weighted by molar-refractivity contribution is -0.128. The molecule has 9 heteroatoms. The topological polar surface area (TPSA) is 113 Å². The lowest BCUT2D eigenvalue weighted by Crippen LogP contribution is -2.55. The van der Waals surface area contributed by atoms with E-state index in [4.69, 9.17) is 4.74 Å². The molecule has 0 aliphatic carbocycles. The van der Waals surface area contributed by atoms with Gasteiger partial charge in [0, 0.05) is 25.7 Å². The summed E-state index contributed by atoms with van der Waals surface area (Å²) in [5.74, 6) is 0.117. The molecule has 2 aromatic carbocycles. The maximum atomic E-state index is 13.6. The number of carbonyl (C=O) groups excluding carboxylic acids is 3. The van der Waals surface area contributed by atoms with Crippen molar-refractivity contribution >= 4 is 23.5 Å². The largest absolute Gasteiger partial charge is 0.489 e. The van der Waals surface area contributed by atoms with Crippen LogP contribution in [0.1, 0.15) is 57.1 Å². The third kappa shape index (κ3) is 10.4. The molecule has 4 rings (SSSR count). The second-order valence-electron chi connectivity index (χ2n) is 11.4. The average Bonchev–Trinajstić information content (AvgIpc) is 3.31. The van der Waals surface area contributed by atoms with Gasteiger partial charge in [-0.25, -0.2) is 4.79 Å². The second-order valence-corrected chi connectivity index (χ2v) is 11.4. The summed E-state index contributed by atoms with van der Waals surface area (Å²) >= 11 is 0. The third-order valence-electron chi connectivity index (χ3n) is 7.39. The zero-order chi connectivity index (χ0) is 30.4. The summed E-state index contributed by atoms with van der Waals surface area (Å²) in [7, 11) is 0. The maximum absolute atomic E-state index is 13.6. The van der Waals surface area contributed by atoms with Gasteiger partial charge in [-0.15, -0.1) is 0 Å². The van der Waals surface area contributed by atoms with E-state index in [-0.39, 0.29) is 30.2 Å². The fourth-order valence-corrected chi connectivity index (χ4v) is 5.06. The van der Waals surface area contributed by atoms with Crippen LogP contribution in [0.4, 0.5) is 10.5 Å². The number of amides is 4. The molecule has 2 atom stereocenters. The van der Waals surface area contributed by atoms with Gasteiger partial charge in [0.05, 0.1) is 11.9 Å². The van der Waals surface area contributed by atoms with Gasteiger partial charge in [0.2, 0.25) is 11.8 Å². The molecule has 228 valence electrons. The van der Waals surface area contributed by atoms with Crippen molar-refractivity contribution in [3.05, 3.63) is 90.3 Å². The van der Waals surface area contributed by atoms with Crippen LogP contribution >= 0.6 is 0 Å². The van der Waals surface area contributed by atoms with Crippen LogP contribution in [-0.4, -0.2) is 52.9 Å². The van der Waals surface area contributed by atoms with Crippen molar-refractivity contribution in [2.75, 3.05) is 18.4 Å². The molecule has 0 radical (unpaired) electrons. The monoisotopic (exact) mass is 585 g/mol. The molecule has 4 amide bonds. The van der Waals surface area contributed by atoms with Gasteiger partial charge in [0.1, 0.15) is 24.4 Å². The molecule has 1 aromatic heterocycles. The van der Waals surface area contributed by atoms with Crippen LogP contribution in [0.5, 0.6) is 5.75 Å². The molecule has 1 aliphatic rings. The van der Waals surface area contributed by atoms with Gasteiger partial charge in [-0.1, -0.05) is 69.2 Å². The molecule has 9 nitrogen and oxygen atoms in total. The van der Waals surface area contributed by atoms with Gasteiger partial charge in [-0.3, -0.25) is 14.6 Å². The van der Waals surface area contributed by atoms with Crippen molar-refractivity contribution in [3.63, 3.8) is 0 Å². The van der Waals surface area contributed by atoms with Gasteiger partial charge in [0.15, 0.2) is 0 Å². The zero-order valence-corrected chi connectivity index (χ0v) is 25.1. The summed E-state index contributed by atoms with van der Waals surface area (Å²) in [6.45, 7) is 5.83. The molecular formula is C34H43N5O4. The zero-order valence-electron chi connectivity index (χ0n) is 25.1. The normalized spacial score (nSPS) is 14.7. The molecule has 0 bridgehead atoms. The Kier molecular flexibility index (Phi) is 11.9. The van der Waals surface area contributed by atoms with E-state index in [1.54, 1.807) is 29.4 Å². The quantitative estimate of drug-likeness (QED) is 0.266. The minimum atomic E-state index is -0.881. The van der Waals surface area contributed by atoms with E-state index < -0.39 is 12.1 Å². The van der Waals surface area contributed by atoms with E-state index in [0.717, 1.165) is 36.8 Å². The number of nitrogens with one attached hydrogen (secondary N) is 3. The summed E-state index contributed by atoms with van der Waals surface area (Å²) in [4.78, 5) is 46.1. The Morgan fingerprint density at radius 3 is 2.19 bits per heavy atom. The first kappa shape index (κ1) is 31.5. The molecule has 1 fully saturated rings. The number of hydrogen-bond acceptors (Lipinski definition) is 5. The number of urea groups is 1. The Bertz CT molecular complexity index is 1290. The van der Waals surface area contributed by atoms with Crippen molar-refractivity contribution in [1.29, 1.82) is 0 Å². The highest BCUT2D eigenvalue weighted by molar-refractivity contribution is 5.98. The number of carbonyl (C=O) groups is 3. The smallest absolute Gasteiger partial charge is 0.318 e. The van der Waals surface area contributed by atoms with E-state index in [1.165, 1.54) is 0 Å². The standard InChI is InChI=1S/C34H43N5O4/c1-25(2)21-30(38-34(42)39-19-8-3-4-9-20-39)33(41)37-31(32(40)36-28-13-10-18-35-23-28)22-26-14-16-29(17-15-26)43-24-27-11-6-5-7-12-27/h5-7,10-18,23,25,30-31H,3-4,8-9,19-22,24H2,1-2H3,(H,36,40)(H,37,41)(H,38,42)/t30-,31-/m0/s1. The highest BCUT2D eigenvalue weighted by Crippen LogP contribution is 2.17. The Morgan fingerprint density at radius 1 is 0.814 bits per heavy atom. The van der Waals surface area contributed by atoms with Crippen molar-refractivity contribution < 1.29 is 19.1 Å². The minimum Gasteiger partial charge on any atom is -0.489 e. The first-order valence-corrected chi connectivity index (χ1v) is 15.2. The van der Waals surface area contributed by atoms with Gasteiger partial charge < -0.3 is 25.6 Å². The third-order valence-corrected chi connectivity index (χ3v) is 7.39. The van der Waals surface area contributed by atoms with Crippen LogP contribution in [0.2, 0.25) is 0 Å². The Balaban J connectivity index is 1.45. The summed E-state index contributed by atoms with van der Waals surface area (Å²) in [5.41, 5.74) is 2.46. The van der Waals surface area contributed by atoms with E-state index >= 15 is 0 Å². The first-order chi connectivity index (χ1) is 20.9. The lowest BCUT2D eigenvalue weighted by atomic mass is 10.0.